The van der Waals surface area contributed by atoms with Crippen molar-refractivity contribution in [1.29, 1.82) is 0 Å². The smallest absolute Gasteiger partial charge is 0.119 e. The highest BCUT2D eigenvalue weighted by molar-refractivity contribution is 5.27. The van der Waals surface area contributed by atoms with Crippen molar-refractivity contribution in [2.75, 3.05) is 6.61 Å². The Morgan fingerprint density at radius 3 is 2.30 bits per heavy atom. The Morgan fingerprint density at radius 2 is 1.65 bits per heavy atom. The van der Waals surface area contributed by atoms with Crippen LogP contribution in [0.25, 0.3) is 0 Å². The average molecular weight is 275 g/mol. The van der Waals surface area contributed by atoms with Crippen molar-refractivity contribution in [1.82, 2.24) is 5.32 Å². The maximum atomic E-state index is 5.61. The van der Waals surface area contributed by atoms with Gasteiger partial charge in [0, 0.05) is 12.6 Å². The lowest BCUT2D eigenvalue weighted by atomic mass is 9.96. The molecule has 0 heterocycles. The van der Waals surface area contributed by atoms with Crippen molar-refractivity contribution in [3.8, 4) is 5.75 Å². The summed E-state index contributed by atoms with van der Waals surface area (Å²) < 4.78 is 5.61. The first kappa shape index (κ1) is 15.4. The van der Waals surface area contributed by atoms with E-state index in [-0.39, 0.29) is 0 Å². The van der Waals surface area contributed by atoms with E-state index in [0.29, 0.717) is 6.04 Å². The standard InChI is InChI=1S/C18H29NO/c1-2-14-20-18-12-10-16(11-13-18)15-19-17-8-6-4-3-5-7-9-17/h10-13,17,19H,2-9,14-15H2,1H3. The highest BCUT2D eigenvalue weighted by Crippen LogP contribution is 2.18. The zero-order valence-corrected chi connectivity index (χ0v) is 12.9. The Kier molecular flexibility index (Phi) is 6.93. The summed E-state index contributed by atoms with van der Waals surface area (Å²) in [6, 6.07) is 9.25. The molecule has 1 fully saturated rings. The number of hydrogen-bond donors (Lipinski definition) is 1. The topological polar surface area (TPSA) is 21.3 Å². The van der Waals surface area contributed by atoms with Crippen LogP contribution in [0.4, 0.5) is 0 Å². The molecule has 0 bridgehead atoms. The van der Waals surface area contributed by atoms with Crippen molar-refractivity contribution in [2.45, 2.75) is 70.9 Å². The van der Waals surface area contributed by atoms with E-state index in [0.717, 1.165) is 25.3 Å². The molecule has 1 N–H and O–H groups in total. The molecule has 0 radical (unpaired) electrons. The molecular weight excluding hydrogens is 246 g/mol. The van der Waals surface area contributed by atoms with Gasteiger partial charge in [0.15, 0.2) is 0 Å². The van der Waals surface area contributed by atoms with Gasteiger partial charge in [-0.3, -0.25) is 0 Å². The fourth-order valence-corrected chi connectivity index (χ4v) is 2.85. The SMILES string of the molecule is CCCOc1ccc(CNC2CCCCCCC2)cc1. The highest BCUT2D eigenvalue weighted by Gasteiger charge is 2.10. The van der Waals surface area contributed by atoms with E-state index in [4.69, 9.17) is 4.74 Å². The lowest BCUT2D eigenvalue weighted by Gasteiger charge is -2.21. The maximum absolute atomic E-state index is 5.61. The second-order valence-corrected chi connectivity index (χ2v) is 5.92. The predicted molar refractivity (Wildman–Crippen MR) is 85.2 cm³/mol. The van der Waals surface area contributed by atoms with Gasteiger partial charge in [0.1, 0.15) is 5.75 Å². The minimum atomic E-state index is 0.714. The molecule has 0 amide bonds. The lowest BCUT2D eigenvalue weighted by molar-refractivity contribution is 0.317. The first-order valence-corrected chi connectivity index (χ1v) is 8.33. The normalized spacial score (nSPS) is 17.4. The number of benzene rings is 1. The average Bonchev–Trinajstić information content (AvgIpc) is 2.45. The molecule has 112 valence electrons. The summed E-state index contributed by atoms with van der Waals surface area (Å²) >= 11 is 0. The molecular formula is C18H29NO. The van der Waals surface area contributed by atoms with Gasteiger partial charge in [-0.2, -0.15) is 0 Å². The Balaban J connectivity index is 1.74. The summed E-state index contributed by atoms with van der Waals surface area (Å²) in [5.41, 5.74) is 1.36. The monoisotopic (exact) mass is 275 g/mol. The van der Waals surface area contributed by atoms with Gasteiger partial charge in [0.05, 0.1) is 6.61 Å². The number of nitrogens with one attached hydrogen (secondary N) is 1. The molecule has 1 saturated carbocycles. The molecule has 0 aliphatic heterocycles. The Bertz CT molecular complexity index is 352. The summed E-state index contributed by atoms with van der Waals surface area (Å²) in [6.07, 6.45) is 10.8. The summed E-state index contributed by atoms with van der Waals surface area (Å²) in [4.78, 5) is 0. The Labute approximate surface area is 123 Å². The van der Waals surface area contributed by atoms with Gasteiger partial charge in [-0.25, -0.2) is 0 Å². The van der Waals surface area contributed by atoms with Crippen LogP contribution in [0, 0.1) is 0 Å². The van der Waals surface area contributed by atoms with Crippen LogP contribution in [-0.2, 0) is 6.54 Å². The van der Waals surface area contributed by atoms with Crippen LogP contribution < -0.4 is 10.1 Å². The number of ether oxygens (including phenoxy) is 1. The third-order valence-electron chi connectivity index (χ3n) is 4.10. The number of hydrogen-bond acceptors (Lipinski definition) is 2. The van der Waals surface area contributed by atoms with E-state index in [2.05, 4.69) is 36.5 Å². The first-order chi connectivity index (χ1) is 9.88. The number of rotatable bonds is 6. The molecule has 0 spiro atoms. The van der Waals surface area contributed by atoms with Crippen LogP contribution in [0.15, 0.2) is 24.3 Å². The second-order valence-electron chi connectivity index (χ2n) is 5.92. The summed E-state index contributed by atoms with van der Waals surface area (Å²) in [7, 11) is 0. The Morgan fingerprint density at radius 1 is 1.00 bits per heavy atom. The second kappa shape index (κ2) is 9.02. The molecule has 2 nitrogen and oxygen atoms in total. The van der Waals surface area contributed by atoms with Crippen LogP contribution in [0.3, 0.4) is 0 Å². The van der Waals surface area contributed by atoms with Crippen LogP contribution in [0.5, 0.6) is 5.75 Å². The van der Waals surface area contributed by atoms with Gasteiger partial charge in [0.2, 0.25) is 0 Å². The lowest BCUT2D eigenvalue weighted by Crippen LogP contribution is -2.29. The van der Waals surface area contributed by atoms with Crippen molar-refractivity contribution < 1.29 is 4.74 Å². The maximum Gasteiger partial charge on any atom is 0.119 e. The molecule has 1 aromatic carbocycles. The van der Waals surface area contributed by atoms with Gasteiger partial charge in [0.25, 0.3) is 0 Å². The molecule has 0 aromatic heterocycles. The van der Waals surface area contributed by atoms with Gasteiger partial charge >= 0.3 is 0 Å². The largest absolute Gasteiger partial charge is 0.494 e. The quantitative estimate of drug-likeness (QED) is 0.814. The van der Waals surface area contributed by atoms with E-state index in [1.807, 2.05) is 0 Å². The van der Waals surface area contributed by atoms with E-state index < -0.39 is 0 Å². The van der Waals surface area contributed by atoms with Gasteiger partial charge < -0.3 is 10.1 Å². The molecule has 0 saturated heterocycles. The van der Waals surface area contributed by atoms with E-state index in [9.17, 15) is 0 Å². The van der Waals surface area contributed by atoms with Crippen LogP contribution in [0.2, 0.25) is 0 Å². The molecule has 2 rings (SSSR count). The molecule has 1 aromatic rings. The van der Waals surface area contributed by atoms with Crippen LogP contribution >= 0.6 is 0 Å². The molecule has 1 aliphatic carbocycles. The van der Waals surface area contributed by atoms with Gasteiger partial charge in [-0.05, 0) is 37.0 Å². The highest BCUT2D eigenvalue weighted by atomic mass is 16.5. The molecule has 0 atom stereocenters. The fraction of sp³-hybridized carbons (Fsp3) is 0.667. The third-order valence-corrected chi connectivity index (χ3v) is 4.10. The zero-order valence-electron chi connectivity index (χ0n) is 12.9. The minimum absolute atomic E-state index is 0.714. The molecule has 0 unspecified atom stereocenters. The van der Waals surface area contributed by atoms with E-state index in [1.54, 1.807) is 0 Å². The fourth-order valence-electron chi connectivity index (χ4n) is 2.85. The molecule has 2 heteroatoms. The molecule has 1 aliphatic rings. The summed E-state index contributed by atoms with van der Waals surface area (Å²) in [5, 5.41) is 3.73. The molecule has 20 heavy (non-hydrogen) atoms. The summed E-state index contributed by atoms with van der Waals surface area (Å²) in [5.74, 6) is 0.988. The van der Waals surface area contributed by atoms with Crippen LogP contribution in [-0.4, -0.2) is 12.6 Å². The van der Waals surface area contributed by atoms with Gasteiger partial charge in [-0.15, -0.1) is 0 Å². The van der Waals surface area contributed by atoms with E-state index in [1.165, 1.54) is 50.5 Å². The zero-order chi connectivity index (χ0) is 14.0. The summed E-state index contributed by atoms with van der Waals surface area (Å²) in [6.45, 7) is 3.92. The first-order valence-electron chi connectivity index (χ1n) is 8.33. The third kappa shape index (κ3) is 5.54. The van der Waals surface area contributed by atoms with Crippen molar-refractivity contribution in [3.63, 3.8) is 0 Å². The van der Waals surface area contributed by atoms with Crippen LogP contribution in [0.1, 0.15) is 63.9 Å². The predicted octanol–water partition coefficient (Wildman–Crippen LogP) is 4.68. The van der Waals surface area contributed by atoms with E-state index >= 15 is 0 Å². The van der Waals surface area contributed by atoms with Crippen molar-refractivity contribution >= 4 is 0 Å². The minimum Gasteiger partial charge on any atom is -0.494 e. The van der Waals surface area contributed by atoms with Gasteiger partial charge in [-0.1, -0.05) is 51.2 Å². The van der Waals surface area contributed by atoms with Crippen molar-refractivity contribution in [2.24, 2.45) is 0 Å². The van der Waals surface area contributed by atoms with Crippen molar-refractivity contribution in [3.05, 3.63) is 29.8 Å². The Hall–Kier alpha value is -1.02.